The minimum absolute atomic E-state index is 0.0636. The normalized spacial score (nSPS) is 10.5. The molecule has 0 heterocycles. The molecule has 0 aliphatic heterocycles. The summed E-state index contributed by atoms with van der Waals surface area (Å²) in [6.45, 7) is 4.64. The van der Waals surface area contributed by atoms with E-state index in [9.17, 15) is 9.18 Å². The molecule has 0 aromatic heterocycles. The maximum atomic E-state index is 13.0. The van der Waals surface area contributed by atoms with Crippen molar-refractivity contribution in [1.29, 1.82) is 0 Å². The second-order valence-electron chi connectivity index (χ2n) is 5.28. The summed E-state index contributed by atoms with van der Waals surface area (Å²) >= 11 is 0. The zero-order valence-electron chi connectivity index (χ0n) is 13.2. The molecular weight excluding hydrogens is 277 g/mol. The molecule has 2 rings (SSSR count). The molecule has 0 atom stereocenters. The average molecular weight is 299 g/mol. The Labute approximate surface area is 131 Å². The number of benzene rings is 2. The van der Waals surface area contributed by atoms with Crippen molar-refractivity contribution < 1.29 is 9.18 Å². The molecule has 0 N–H and O–H groups in total. The average Bonchev–Trinajstić information content (AvgIpc) is 2.56. The van der Waals surface area contributed by atoms with Crippen molar-refractivity contribution in [2.75, 3.05) is 11.4 Å². The number of nitrogens with zero attached hydrogens (tertiary/aromatic N) is 1. The lowest BCUT2D eigenvalue weighted by atomic mass is 10.1. The summed E-state index contributed by atoms with van der Waals surface area (Å²) in [6.07, 6.45) is 2.20. The molecule has 3 heteroatoms. The first-order valence-electron chi connectivity index (χ1n) is 7.77. The van der Waals surface area contributed by atoms with Gasteiger partial charge in [0.15, 0.2) is 0 Å². The fourth-order valence-corrected chi connectivity index (χ4v) is 2.45. The van der Waals surface area contributed by atoms with E-state index in [0.717, 1.165) is 18.5 Å². The predicted octanol–water partition coefficient (Wildman–Crippen LogP) is 4.37. The summed E-state index contributed by atoms with van der Waals surface area (Å²) in [6, 6.07) is 14.4. The molecular formula is C19H22FNO. The van der Waals surface area contributed by atoms with Crippen LogP contribution in [-0.2, 0) is 17.6 Å². The van der Waals surface area contributed by atoms with Gasteiger partial charge in [0.25, 0.3) is 0 Å². The van der Waals surface area contributed by atoms with E-state index in [1.54, 1.807) is 17.0 Å². The van der Waals surface area contributed by atoms with Gasteiger partial charge in [0.1, 0.15) is 5.82 Å². The van der Waals surface area contributed by atoms with Crippen LogP contribution in [0.15, 0.2) is 48.5 Å². The molecule has 22 heavy (non-hydrogen) atoms. The Morgan fingerprint density at radius 2 is 1.55 bits per heavy atom. The lowest BCUT2D eigenvalue weighted by Gasteiger charge is -2.21. The van der Waals surface area contributed by atoms with Crippen LogP contribution in [0, 0.1) is 5.82 Å². The molecule has 0 radical (unpaired) electrons. The number of hydrogen-bond donors (Lipinski definition) is 0. The summed E-state index contributed by atoms with van der Waals surface area (Å²) in [5.41, 5.74) is 3.22. The third-order valence-electron chi connectivity index (χ3n) is 3.81. The Morgan fingerprint density at radius 1 is 0.955 bits per heavy atom. The summed E-state index contributed by atoms with van der Waals surface area (Å²) in [4.78, 5) is 14.1. The predicted molar refractivity (Wildman–Crippen MR) is 88.6 cm³/mol. The highest BCUT2D eigenvalue weighted by atomic mass is 19.1. The molecule has 2 nitrogen and oxygen atoms in total. The zero-order valence-corrected chi connectivity index (χ0v) is 13.2. The first-order chi connectivity index (χ1) is 10.6. The van der Waals surface area contributed by atoms with Gasteiger partial charge in [0, 0.05) is 18.7 Å². The van der Waals surface area contributed by atoms with Crippen molar-refractivity contribution in [2.45, 2.75) is 33.1 Å². The Bertz CT molecular complexity index is 604. The lowest BCUT2D eigenvalue weighted by molar-refractivity contribution is -0.118. The Balaban J connectivity index is 1.98. The van der Waals surface area contributed by atoms with Crippen molar-refractivity contribution in [2.24, 2.45) is 0 Å². The van der Waals surface area contributed by atoms with Crippen LogP contribution in [0.2, 0.25) is 0 Å². The van der Waals surface area contributed by atoms with Crippen molar-refractivity contribution in [3.63, 3.8) is 0 Å². The van der Waals surface area contributed by atoms with E-state index in [2.05, 4.69) is 31.2 Å². The highest BCUT2D eigenvalue weighted by molar-refractivity contribution is 5.93. The van der Waals surface area contributed by atoms with Gasteiger partial charge in [-0.1, -0.05) is 31.2 Å². The molecule has 0 bridgehead atoms. The minimum atomic E-state index is -0.289. The number of anilines is 1. The van der Waals surface area contributed by atoms with Crippen molar-refractivity contribution in [3.05, 3.63) is 65.5 Å². The molecule has 2 aromatic carbocycles. The molecule has 116 valence electrons. The van der Waals surface area contributed by atoms with Crippen LogP contribution in [0.1, 0.15) is 31.4 Å². The summed E-state index contributed by atoms with van der Waals surface area (Å²) in [5.74, 6) is -0.225. The Morgan fingerprint density at radius 3 is 2.09 bits per heavy atom. The van der Waals surface area contributed by atoms with Gasteiger partial charge in [-0.25, -0.2) is 4.39 Å². The van der Waals surface area contributed by atoms with Gasteiger partial charge in [-0.3, -0.25) is 4.79 Å². The number of hydrogen-bond acceptors (Lipinski definition) is 1. The standard InChI is InChI=1S/C19H22FNO/c1-3-15-5-7-16(8-6-15)9-14-19(22)21(4-2)18-12-10-17(20)11-13-18/h5-8,10-13H,3-4,9,14H2,1-2H3. The molecule has 0 unspecified atom stereocenters. The van der Waals surface area contributed by atoms with Gasteiger partial charge in [-0.05, 0) is 55.2 Å². The summed E-state index contributed by atoms with van der Waals surface area (Å²) < 4.78 is 13.0. The highest BCUT2D eigenvalue weighted by Crippen LogP contribution is 2.17. The fourth-order valence-electron chi connectivity index (χ4n) is 2.45. The van der Waals surface area contributed by atoms with E-state index in [4.69, 9.17) is 0 Å². The van der Waals surface area contributed by atoms with E-state index in [1.165, 1.54) is 23.3 Å². The largest absolute Gasteiger partial charge is 0.313 e. The zero-order chi connectivity index (χ0) is 15.9. The molecule has 0 aliphatic carbocycles. The van der Waals surface area contributed by atoms with Gasteiger partial charge in [0.05, 0.1) is 0 Å². The smallest absolute Gasteiger partial charge is 0.227 e. The molecule has 0 saturated heterocycles. The second kappa shape index (κ2) is 7.74. The van der Waals surface area contributed by atoms with Crippen LogP contribution in [-0.4, -0.2) is 12.5 Å². The van der Waals surface area contributed by atoms with Crippen molar-refractivity contribution in [1.82, 2.24) is 0 Å². The fraction of sp³-hybridized carbons (Fsp3) is 0.316. The highest BCUT2D eigenvalue weighted by Gasteiger charge is 2.13. The van der Waals surface area contributed by atoms with Crippen LogP contribution in [0.25, 0.3) is 0 Å². The maximum absolute atomic E-state index is 13.0. The SMILES string of the molecule is CCc1ccc(CCC(=O)N(CC)c2ccc(F)cc2)cc1. The van der Waals surface area contributed by atoms with E-state index >= 15 is 0 Å². The molecule has 2 aromatic rings. The number of amides is 1. The van der Waals surface area contributed by atoms with Crippen LogP contribution in [0.3, 0.4) is 0 Å². The third kappa shape index (κ3) is 4.17. The number of rotatable bonds is 6. The number of carbonyl (C=O) groups excluding carboxylic acids is 1. The second-order valence-corrected chi connectivity index (χ2v) is 5.28. The number of carbonyl (C=O) groups is 1. The monoisotopic (exact) mass is 299 g/mol. The van der Waals surface area contributed by atoms with E-state index in [1.807, 2.05) is 6.92 Å². The molecule has 0 aliphatic rings. The molecule has 0 saturated carbocycles. The van der Waals surface area contributed by atoms with Gasteiger partial charge in [-0.15, -0.1) is 0 Å². The number of aryl methyl sites for hydroxylation is 2. The van der Waals surface area contributed by atoms with E-state index in [0.29, 0.717) is 13.0 Å². The minimum Gasteiger partial charge on any atom is -0.313 e. The van der Waals surface area contributed by atoms with Gasteiger partial charge < -0.3 is 4.90 Å². The topological polar surface area (TPSA) is 20.3 Å². The first-order valence-corrected chi connectivity index (χ1v) is 7.77. The molecule has 0 fully saturated rings. The van der Waals surface area contributed by atoms with Gasteiger partial charge >= 0.3 is 0 Å². The first kappa shape index (κ1) is 16.2. The molecule has 1 amide bonds. The Kier molecular flexibility index (Phi) is 5.70. The van der Waals surface area contributed by atoms with E-state index < -0.39 is 0 Å². The summed E-state index contributed by atoms with van der Waals surface area (Å²) in [7, 11) is 0. The van der Waals surface area contributed by atoms with Crippen LogP contribution in [0.5, 0.6) is 0 Å². The summed E-state index contributed by atoms with van der Waals surface area (Å²) in [5, 5.41) is 0. The maximum Gasteiger partial charge on any atom is 0.227 e. The van der Waals surface area contributed by atoms with Gasteiger partial charge in [-0.2, -0.15) is 0 Å². The van der Waals surface area contributed by atoms with Crippen molar-refractivity contribution >= 4 is 11.6 Å². The van der Waals surface area contributed by atoms with Crippen LogP contribution < -0.4 is 4.90 Å². The van der Waals surface area contributed by atoms with Gasteiger partial charge in [0.2, 0.25) is 5.91 Å². The Hall–Kier alpha value is -2.16. The van der Waals surface area contributed by atoms with Crippen LogP contribution in [0.4, 0.5) is 10.1 Å². The van der Waals surface area contributed by atoms with Crippen molar-refractivity contribution in [3.8, 4) is 0 Å². The molecule has 0 spiro atoms. The van der Waals surface area contributed by atoms with E-state index in [-0.39, 0.29) is 11.7 Å². The number of halogens is 1. The third-order valence-corrected chi connectivity index (χ3v) is 3.81. The quantitative estimate of drug-likeness (QED) is 0.775. The lowest BCUT2D eigenvalue weighted by Crippen LogP contribution is -2.30. The van der Waals surface area contributed by atoms with Crippen LogP contribution >= 0.6 is 0 Å².